The van der Waals surface area contributed by atoms with E-state index in [1.165, 1.54) is 0 Å². The lowest BCUT2D eigenvalue weighted by atomic mass is 10.1. The van der Waals surface area contributed by atoms with E-state index < -0.39 is 0 Å². The van der Waals surface area contributed by atoms with Crippen LogP contribution < -0.4 is 0 Å². The first-order chi connectivity index (χ1) is 13.0. The van der Waals surface area contributed by atoms with Crippen LogP contribution >= 0.6 is 0 Å². The summed E-state index contributed by atoms with van der Waals surface area (Å²) < 4.78 is 7.25. The van der Waals surface area contributed by atoms with Crippen molar-refractivity contribution in [3.8, 4) is 11.3 Å². The van der Waals surface area contributed by atoms with E-state index in [0.29, 0.717) is 13.0 Å². The van der Waals surface area contributed by atoms with Gasteiger partial charge >= 0.3 is 0 Å². The Morgan fingerprint density at radius 3 is 2.63 bits per heavy atom. The van der Waals surface area contributed by atoms with Gasteiger partial charge in [-0.1, -0.05) is 35.5 Å². The molecule has 2 aromatic heterocycles. The summed E-state index contributed by atoms with van der Waals surface area (Å²) in [5.41, 5.74) is 4.88. The Morgan fingerprint density at radius 1 is 1.22 bits per heavy atom. The Morgan fingerprint density at radius 2 is 1.96 bits per heavy atom. The third-order valence-electron chi connectivity index (χ3n) is 4.96. The fraction of sp³-hybridized carbons (Fsp3) is 0.381. The number of hydrogen-bond donors (Lipinski definition) is 0. The highest BCUT2D eigenvalue weighted by Gasteiger charge is 2.16. The Hall–Kier alpha value is -2.89. The van der Waals surface area contributed by atoms with Gasteiger partial charge in [0.05, 0.1) is 12.1 Å². The predicted molar refractivity (Wildman–Crippen MR) is 104 cm³/mol. The molecule has 0 radical (unpaired) electrons. The van der Waals surface area contributed by atoms with Gasteiger partial charge in [0.25, 0.3) is 0 Å². The molecule has 27 heavy (non-hydrogen) atoms. The van der Waals surface area contributed by atoms with Crippen molar-refractivity contribution in [3.63, 3.8) is 0 Å². The second kappa shape index (κ2) is 8.20. The van der Waals surface area contributed by atoms with Crippen LogP contribution in [0.2, 0.25) is 0 Å². The van der Waals surface area contributed by atoms with Crippen LogP contribution in [0.4, 0.5) is 0 Å². The standard InChI is InChI=1S/C21H26N4O2/c1-15-19(16(2)25(4)22-15)14-21(26)24(3)12-8-11-18-13-20(23-27-18)17-9-6-5-7-10-17/h5-7,9-10,13H,8,11-12,14H2,1-4H3. The number of carbonyl (C=O) groups excluding carboxylic acids is 1. The van der Waals surface area contributed by atoms with E-state index in [1.54, 1.807) is 4.90 Å². The minimum atomic E-state index is 0.108. The van der Waals surface area contributed by atoms with Gasteiger partial charge in [-0.2, -0.15) is 5.10 Å². The first kappa shape index (κ1) is 18.9. The summed E-state index contributed by atoms with van der Waals surface area (Å²) in [5.74, 6) is 0.949. The molecule has 0 aliphatic rings. The fourth-order valence-electron chi connectivity index (χ4n) is 3.15. The molecule has 3 aromatic rings. The van der Waals surface area contributed by atoms with Crippen LogP contribution in [0.3, 0.4) is 0 Å². The molecule has 0 atom stereocenters. The molecule has 142 valence electrons. The normalized spacial score (nSPS) is 11.0. The number of benzene rings is 1. The summed E-state index contributed by atoms with van der Waals surface area (Å²) in [6.45, 7) is 4.62. The molecule has 0 aliphatic heterocycles. The molecule has 3 rings (SSSR count). The third-order valence-corrected chi connectivity index (χ3v) is 4.96. The number of aromatic nitrogens is 3. The van der Waals surface area contributed by atoms with Gasteiger partial charge in [0, 0.05) is 49.9 Å². The largest absolute Gasteiger partial charge is 0.361 e. The molecule has 0 saturated carbocycles. The Labute approximate surface area is 159 Å². The molecule has 6 heteroatoms. The summed E-state index contributed by atoms with van der Waals surface area (Å²) in [6.07, 6.45) is 1.97. The van der Waals surface area contributed by atoms with Crippen LogP contribution in [0.5, 0.6) is 0 Å². The summed E-state index contributed by atoms with van der Waals surface area (Å²) in [6, 6.07) is 11.9. The van der Waals surface area contributed by atoms with Gasteiger partial charge in [-0.15, -0.1) is 0 Å². The zero-order valence-electron chi connectivity index (χ0n) is 16.4. The maximum atomic E-state index is 12.5. The lowest BCUT2D eigenvalue weighted by molar-refractivity contribution is -0.129. The van der Waals surface area contributed by atoms with Crippen LogP contribution in [-0.2, 0) is 24.7 Å². The average Bonchev–Trinajstić information content (AvgIpc) is 3.23. The van der Waals surface area contributed by atoms with Gasteiger partial charge in [0.1, 0.15) is 11.5 Å². The molecular weight excluding hydrogens is 340 g/mol. The van der Waals surface area contributed by atoms with Crippen LogP contribution in [0.1, 0.15) is 29.1 Å². The Kier molecular flexibility index (Phi) is 5.74. The summed E-state index contributed by atoms with van der Waals surface area (Å²) in [4.78, 5) is 14.3. The predicted octanol–water partition coefficient (Wildman–Crippen LogP) is 3.33. The first-order valence-electron chi connectivity index (χ1n) is 9.19. The number of rotatable bonds is 7. The second-order valence-electron chi connectivity index (χ2n) is 6.91. The maximum absolute atomic E-state index is 12.5. The van der Waals surface area contributed by atoms with Crippen LogP contribution in [0, 0.1) is 13.8 Å². The van der Waals surface area contributed by atoms with Crippen molar-refractivity contribution in [2.24, 2.45) is 7.05 Å². The quantitative estimate of drug-likeness (QED) is 0.643. The fourth-order valence-corrected chi connectivity index (χ4v) is 3.15. The SMILES string of the molecule is Cc1nn(C)c(C)c1CC(=O)N(C)CCCc1cc(-c2ccccc2)no1. The van der Waals surface area contributed by atoms with Crippen molar-refractivity contribution >= 4 is 5.91 Å². The molecular formula is C21H26N4O2. The van der Waals surface area contributed by atoms with E-state index in [1.807, 2.05) is 69.0 Å². The molecule has 1 amide bonds. The van der Waals surface area contributed by atoms with Gasteiger partial charge in [0.15, 0.2) is 0 Å². The summed E-state index contributed by atoms with van der Waals surface area (Å²) >= 11 is 0. The van der Waals surface area contributed by atoms with Gasteiger partial charge in [0.2, 0.25) is 5.91 Å². The molecule has 0 saturated heterocycles. The first-order valence-corrected chi connectivity index (χ1v) is 9.19. The molecule has 6 nitrogen and oxygen atoms in total. The molecule has 0 bridgehead atoms. The Balaban J connectivity index is 1.50. The monoisotopic (exact) mass is 366 g/mol. The number of aryl methyl sites for hydroxylation is 3. The number of amides is 1. The second-order valence-corrected chi connectivity index (χ2v) is 6.91. The minimum Gasteiger partial charge on any atom is -0.361 e. The van der Waals surface area contributed by atoms with Gasteiger partial charge in [-0.3, -0.25) is 9.48 Å². The molecule has 2 heterocycles. The van der Waals surface area contributed by atoms with Crippen molar-refractivity contribution < 1.29 is 9.32 Å². The zero-order chi connectivity index (χ0) is 19.4. The highest BCUT2D eigenvalue weighted by Crippen LogP contribution is 2.19. The summed E-state index contributed by atoms with van der Waals surface area (Å²) in [7, 11) is 3.75. The number of likely N-dealkylation sites (N-methyl/N-ethyl adjacent to an activating group) is 1. The molecule has 0 N–H and O–H groups in total. The number of hydrogen-bond acceptors (Lipinski definition) is 4. The van der Waals surface area contributed by atoms with Gasteiger partial charge < -0.3 is 9.42 Å². The molecule has 0 aliphatic carbocycles. The number of nitrogens with zero attached hydrogens (tertiary/aromatic N) is 4. The highest BCUT2D eigenvalue weighted by atomic mass is 16.5. The molecule has 0 spiro atoms. The maximum Gasteiger partial charge on any atom is 0.226 e. The van der Waals surface area contributed by atoms with Gasteiger partial charge in [-0.05, 0) is 20.3 Å². The summed E-state index contributed by atoms with van der Waals surface area (Å²) in [5, 5.41) is 8.51. The minimum absolute atomic E-state index is 0.108. The average molecular weight is 366 g/mol. The topological polar surface area (TPSA) is 64.2 Å². The Bertz CT molecular complexity index is 912. The van der Waals surface area contributed by atoms with E-state index in [9.17, 15) is 4.79 Å². The smallest absolute Gasteiger partial charge is 0.226 e. The van der Waals surface area contributed by atoms with E-state index in [4.69, 9.17) is 4.52 Å². The van der Waals surface area contributed by atoms with E-state index in [-0.39, 0.29) is 5.91 Å². The van der Waals surface area contributed by atoms with Crippen molar-refractivity contribution in [1.82, 2.24) is 19.8 Å². The third kappa shape index (κ3) is 4.45. The molecule has 1 aromatic carbocycles. The van der Waals surface area contributed by atoms with Crippen molar-refractivity contribution in [1.29, 1.82) is 0 Å². The van der Waals surface area contributed by atoms with E-state index in [0.717, 1.165) is 46.8 Å². The highest BCUT2D eigenvalue weighted by molar-refractivity contribution is 5.79. The molecule has 0 unspecified atom stereocenters. The van der Waals surface area contributed by atoms with E-state index in [2.05, 4.69) is 10.3 Å². The van der Waals surface area contributed by atoms with Crippen LogP contribution in [0.15, 0.2) is 40.9 Å². The van der Waals surface area contributed by atoms with E-state index >= 15 is 0 Å². The van der Waals surface area contributed by atoms with Crippen molar-refractivity contribution in [3.05, 3.63) is 59.1 Å². The van der Waals surface area contributed by atoms with Crippen LogP contribution in [-0.4, -0.2) is 39.3 Å². The lowest BCUT2D eigenvalue weighted by Gasteiger charge is -2.17. The number of carbonyl (C=O) groups is 1. The zero-order valence-corrected chi connectivity index (χ0v) is 16.4. The van der Waals surface area contributed by atoms with Crippen molar-refractivity contribution in [2.75, 3.05) is 13.6 Å². The van der Waals surface area contributed by atoms with Gasteiger partial charge in [-0.25, -0.2) is 0 Å². The molecule has 0 fully saturated rings. The van der Waals surface area contributed by atoms with Crippen LogP contribution in [0.25, 0.3) is 11.3 Å². The van der Waals surface area contributed by atoms with Crippen molar-refractivity contribution in [2.45, 2.75) is 33.1 Å². The lowest BCUT2D eigenvalue weighted by Crippen LogP contribution is -2.29.